The first-order chi connectivity index (χ1) is 13.8. The number of benzene rings is 1. The normalized spacial score (nSPS) is 15.7. The third kappa shape index (κ3) is 7.07. The molecule has 0 bridgehead atoms. The van der Waals surface area contributed by atoms with E-state index in [9.17, 15) is 24.6 Å². The molecule has 1 aromatic rings. The van der Waals surface area contributed by atoms with Crippen molar-refractivity contribution in [2.75, 3.05) is 6.54 Å². The number of carboxylic acid groups (broad SMARTS) is 2. The molecule has 0 spiro atoms. The van der Waals surface area contributed by atoms with E-state index in [1.807, 2.05) is 13.8 Å². The fraction of sp³-hybridized carbons (Fsp3) is 0.591. The van der Waals surface area contributed by atoms with Crippen LogP contribution in [0.15, 0.2) is 24.3 Å². The van der Waals surface area contributed by atoms with Crippen molar-refractivity contribution in [3.8, 4) is 0 Å². The van der Waals surface area contributed by atoms with Gasteiger partial charge in [0.2, 0.25) is 0 Å². The summed E-state index contributed by atoms with van der Waals surface area (Å²) in [4.78, 5) is 36.5. The maximum Gasteiger partial charge on any atom is 0.408 e. The molecule has 1 atom stereocenters. The zero-order chi connectivity index (χ0) is 21.4. The minimum absolute atomic E-state index is 0.0694. The number of carbonyl (C=O) groups is 3. The van der Waals surface area contributed by atoms with Crippen LogP contribution in [0.2, 0.25) is 0 Å². The van der Waals surface area contributed by atoms with Gasteiger partial charge in [0.25, 0.3) is 5.91 Å². The third-order valence-electron chi connectivity index (χ3n) is 5.40. The quantitative estimate of drug-likeness (QED) is 0.581. The zero-order valence-electron chi connectivity index (χ0n) is 17.3. The van der Waals surface area contributed by atoms with Crippen molar-refractivity contribution in [3.05, 3.63) is 35.4 Å². The maximum absolute atomic E-state index is 12.4. The highest BCUT2D eigenvalue weighted by molar-refractivity contribution is 5.94. The molecular weight excluding hydrogens is 372 g/mol. The second kappa shape index (κ2) is 10.8. The molecule has 160 valence electrons. The van der Waals surface area contributed by atoms with Crippen LogP contribution in [0.3, 0.4) is 0 Å². The highest BCUT2D eigenvalue weighted by Gasteiger charge is 2.29. The van der Waals surface area contributed by atoms with Crippen LogP contribution >= 0.6 is 0 Å². The van der Waals surface area contributed by atoms with E-state index in [1.165, 1.54) is 6.42 Å². The molecule has 0 heterocycles. The molecule has 29 heavy (non-hydrogen) atoms. The summed E-state index contributed by atoms with van der Waals surface area (Å²) in [5.74, 6) is -1.14. The number of nitrogens with zero attached hydrogens (tertiary/aromatic N) is 1. The van der Waals surface area contributed by atoms with Crippen LogP contribution in [0.25, 0.3) is 0 Å². The van der Waals surface area contributed by atoms with Gasteiger partial charge in [-0.3, -0.25) is 9.69 Å². The van der Waals surface area contributed by atoms with E-state index in [0.29, 0.717) is 12.0 Å². The third-order valence-corrected chi connectivity index (χ3v) is 5.40. The number of hydrogen-bond acceptors (Lipinski definition) is 3. The fourth-order valence-corrected chi connectivity index (χ4v) is 3.78. The van der Waals surface area contributed by atoms with E-state index in [2.05, 4.69) is 5.32 Å². The lowest BCUT2D eigenvalue weighted by Crippen LogP contribution is -2.46. The predicted molar refractivity (Wildman–Crippen MR) is 110 cm³/mol. The number of nitrogens with one attached hydrogen (secondary N) is 1. The van der Waals surface area contributed by atoms with E-state index in [4.69, 9.17) is 0 Å². The topological polar surface area (TPSA) is 107 Å². The first-order valence-corrected chi connectivity index (χ1v) is 10.4. The Bertz CT molecular complexity index is 696. The number of carboxylic acids is 1. The van der Waals surface area contributed by atoms with Gasteiger partial charge in [-0.15, -0.1) is 0 Å². The lowest BCUT2D eigenvalue weighted by atomic mass is 9.95. The molecule has 3 N–H and O–H groups in total. The second-order valence-corrected chi connectivity index (χ2v) is 8.21. The molecule has 2 rings (SSSR count). The zero-order valence-corrected chi connectivity index (χ0v) is 17.3. The molecule has 1 aliphatic rings. The molecule has 1 aromatic carbocycles. The van der Waals surface area contributed by atoms with Gasteiger partial charge in [0, 0.05) is 18.2 Å². The molecule has 0 aromatic heterocycles. The number of aliphatic carboxylic acids is 1. The van der Waals surface area contributed by atoms with Gasteiger partial charge in [-0.05, 0) is 49.3 Å². The Morgan fingerprint density at radius 1 is 1.07 bits per heavy atom. The first-order valence-electron chi connectivity index (χ1n) is 10.4. The highest BCUT2D eigenvalue weighted by Crippen LogP contribution is 2.18. The number of hydrogen-bond donors (Lipinski definition) is 3. The van der Waals surface area contributed by atoms with Gasteiger partial charge in [0.1, 0.15) is 6.04 Å². The Hall–Kier alpha value is -2.57. The van der Waals surface area contributed by atoms with Crippen LogP contribution in [0.4, 0.5) is 4.79 Å². The van der Waals surface area contributed by atoms with Crippen molar-refractivity contribution in [2.45, 2.75) is 70.9 Å². The van der Waals surface area contributed by atoms with Gasteiger partial charge in [-0.2, -0.15) is 0 Å². The molecule has 0 radical (unpaired) electrons. The van der Waals surface area contributed by atoms with E-state index in [0.717, 1.165) is 36.1 Å². The van der Waals surface area contributed by atoms with Crippen molar-refractivity contribution in [2.24, 2.45) is 5.92 Å². The van der Waals surface area contributed by atoms with Crippen molar-refractivity contribution in [3.63, 3.8) is 0 Å². The molecule has 2 amide bonds. The lowest BCUT2D eigenvalue weighted by Gasteiger charge is -2.27. The molecule has 7 heteroatoms. The average Bonchev–Trinajstić information content (AvgIpc) is 2.67. The Labute approximate surface area is 172 Å². The van der Waals surface area contributed by atoms with Crippen LogP contribution in [-0.4, -0.2) is 51.7 Å². The second-order valence-electron chi connectivity index (χ2n) is 8.21. The first kappa shape index (κ1) is 22.7. The summed E-state index contributed by atoms with van der Waals surface area (Å²) in [6.07, 6.45) is 5.00. The van der Waals surface area contributed by atoms with E-state index in [-0.39, 0.29) is 30.8 Å². The summed E-state index contributed by atoms with van der Waals surface area (Å²) >= 11 is 0. The molecule has 0 aliphatic heterocycles. The SMILES string of the molecule is CC(C)CC(C(=O)O)N(CCc1ccc(C(=O)NC2CCCCC2)cc1)C(=O)O. The maximum atomic E-state index is 12.4. The average molecular weight is 405 g/mol. The number of amides is 2. The molecule has 0 saturated heterocycles. The van der Waals surface area contributed by atoms with E-state index < -0.39 is 18.1 Å². The highest BCUT2D eigenvalue weighted by atomic mass is 16.4. The molecule has 1 aliphatic carbocycles. The van der Waals surface area contributed by atoms with Crippen LogP contribution in [0.5, 0.6) is 0 Å². The molecule has 1 fully saturated rings. The minimum atomic E-state index is -1.23. The largest absolute Gasteiger partial charge is 0.480 e. The van der Waals surface area contributed by atoms with Gasteiger partial charge in [-0.1, -0.05) is 45.2 Å². The Morgan fingerprint density at radius 2 is 1.69 bits per heavy atom. The number of carbonyl (C=O) groups excluding carboxylic acids is 1. The van der Waals surface area contributed by atoms with Gasteiger partial charge < -0.3 is 15.5 Å². The van der Waals surface area contributed by atoms with Gasteiger partial charge >= 0.3 is 12.1 Å². The minimum Gasteiger partial charge on any atom is -0.480 e. The van der Waals surface area contributed by atoms with Crippen molar-refractivity contribution >= 4 is 18.0 Å². The van der Waals surface area contributed by atoms with Crippen LogP contribution in [-0.2, 0) is 11.2 Å². The van der Waals surface area contributed by atoms with Gasteiger partial charge in [0.15, 0.2) is 0 Å². The lowest BCUT2D eigenvalue weighted by molar-refractivity contribution is -0.143. The van der Waals surface area contributed by atoms with Crippen molar-refractivity contribution in [1.29, 1.82) is 0 Å². The summed E-state index contributed by atoms with van der Waals surface area (Å²) in [5, 5.41) is 22.0. The summed E-state index contributed by atoms with van der Waals surface area (Å²) < 4.78 is 0. The Kier molecular flexibility index (Phi) is 8.49. The molecule has 7 nitrogen and oxygen atoms in total. The Balaban J connectivity index is 1.95. The fourth-order valence-electron chi connectivity index (χ4n) is 3.78. The number of rotatable bonds is 9. The van der Waals surface area contributed by atoms with Crippen LogP contribution < -0.4 is 5.32 Å². The summed E-state index contributed by atoms with van der Waals surface area (Å²) in [6.45, 7) is 3.83. The monoisotopic (exact) mass is 404 g/mol. The van der Waals surface area contributed by atoms with Gasteiger partial charge in [0.05, 0.1) is 0 Å². The summed E-state index contributed by atoms with van der Waals surface area (Å²) in [6, 6.07) is 6.26. The van der Waals surface area contributed by atoms with Crippen LogP contribution in [0, 0.1) is 5.92 Å². The van der Waals surface area contributed by atoms with Crippen molar-refractivity contribution in [1.82, 2.24) is 10.2 Å². The van der Waals surface area contributed by atoms with Gasteiger partial charge in [-0.25, -0.2) is 9.59 Å². The Morgan fingerprint density at radius 3 is 2.21 bits per heavy atom. The predicted octanol–water partition coefficient (Wildman–Crippen LogP) is 3.77. The standard InChI is InChI=1S/C22H32N2O5/c1-15(2)14-19(21(26)27)24(22(28)29)13-12-16-8-10-17(11-9-16)20(25)23-18-6-4-3-5-7-18/h8-11,15,18-19H,3-7,12-14H2,1-2H3,(H,23,25)(H,26,27)(H,28,29). The van der Waals surface area contributed by atoms with E-state index >= 15 is 0 Å². The van der Waals surface area contributed by atoms with E-state index in [1.54, 1.807) is 24.3 Å². The molecular formula is C22H32N2O5. The smallest absolute Gasteiger partial charge is 0.408 e. The summed E-state index contributed by atoms with van der Waals surface area (Å²) in [5.41, 5.74) is 1.44. The van der Waals surface area contributed by atoms with Crippen LogP contribution in [0.1, 0.15) is 68.3 Å². The summed E-state index contributed by atoms with van der Waals surface area (Å²) in [7, 11) is 0. The molecule has 1 saturated carbocycles. The van der Waals surface area contributed by atoms with Crippen molar-refractivity contribution < 1.29 is 24.6 Å². The molecule has 1 unspecified atom stereocenters.